The first kappa shape index (κ1) is 130. The Labute approximate surface area is 869 Å². The van der Waals surface area contributed by atoms with Crippen LogP contribution >= 0.6 is 20.4 Å². The highest BCUT2D eigenvalue weighted by atomic mass is 32.2. The lowest BCUT2D eigenvalue weighted by atomic mass is 9.97. The Morgan fingerprint density at radius 1 is 0.342 bits per heavy atom. The summed E-state index contributed by atoms with van der Waals surface area (Å²) in [6.07, 6.45) is -14.8. The molecule has 27 N–H and O–H groups in total. The number of nitrogens with one attached hydrogen (secondary N) is 14. The number of carboxylic acids is 1. The van der Waals surface area contributed by atoms with Gasteiger partial charge in [-0.25, -0.2) is 4.57 Å². The third-order valence-electron chi connectivity index (χ3n) is 24.2. The van der Waals surface area contributed by atoms with E-state index < -0.39 is 237 Å². The summed E-state index contributed by atoms with van der Waals surface area (Å²) in [5, 5.41) is 169. The number of aliphatic hydroxyl groups is 12. The molecule has 4 aliphatic heterocycles. The summed E-state index contributed by atoms with van der Waals surface area (Å²) in [6, 6.07) is -3.24. The highest BCUT2D eigenvalue weighted by Crippen LogP contribution is 2.29. The number of aliphatic hydroxyl groups excluding tert-OH is 12. The van der Waals surface area contributed by atoms with Crippen molar-refractivity contribution in [3.05, 3.63) is 29.3 Å². The maximum atomic E-state index is 14.2. The predicted molar refractivity (Wildman–Crippen MR) is 526 cm³/mol. The molecule has 4 saturated heterocycles. The van der Waals surface area contributed by atoms with Crippen molar-refractivity contribution in [3.63, 3.8) is 0 Å². The zero-order valence-electron chi connectivity index (χ0n) is 84.8. The van der Waals surface area contributed by atoms with Crippen molar-refractivity contribution in [2.24, 2.45) is 0 Å². The molecule has 1 aromatic carbocycles. The standard InChI is InChI=1S/C94H157N14O39PS/c1-54(113)103-74-82(128)78(124)63(50-109)144-91(74)139-39-19-11-27-68(117)95-31-16-9-24-61(107-71(120)29-13-21-41-141-93-76(105-56(3)115)84(130)80(126)65(52-111)146-93)88(134)101-36-34-99-86(132)58-46-59(48-60(47-58)138-44-38-97-70(119)26-8-7-15-33-98-90(136)67(49-73(122)123)149-45-23-6-5-18-43-143-148-137)87(133)100-35-37-102-89(135)62(108-72(121)30-14-22-42-142-94-77(106-57(4)116)85(131)81(127)66(53-112)147-94)25-10-17-32-96-69(118)28-12-20-40-140-92-75(104-55(2)114)83(129)79(125)64(51-110)145-92/h46-48,61-67,74-85,91-94,109-112,124-131H,5-45,49-53H2,1-4H3,(H,95,117)(H,96,118)(H,97,119)(H,98,136)(H,99,132)(H,100,133)(H,101,134)(H,102,135)(H,103,113)(H,104,114)(H,105,115)(H,106,116)(H,107,120)(H,108,121)(H,122,123)/t61-,62-,63?,64?,65?,66?,67?,74?,75?,76?,77?,78?,79?,80?,81?,82?,83?,84?,85?,91?,92?,93?,94?/m0/s1. The van der Waals surface area contributed by atoms with Gasteiger partial charge in [-0.05, 0) is 140 Å². The highest BCUT2D eigenvalue weighted by Gasteiger charge is 2.50. The monoisotopic (exact) mass is 2170 g/mol. The first-order chi connectivity index (χ1) is 71.3. The fourth-order valence-corrected chi connectivity index (χ4v) is 17.6. The van der Waals surface area contributed by atoms with Gasteiger partial charge in [0.15, 0.2) is 25.2 Å². The van der Waals surface area contributed by atoms with Crippen LogP contribution in [-0.2, 0) is 109 Å². The average molecular weight is 2170 g/mol. The van der Waals surface area contributed by atoms with Crippen LogP contribution in [0.1, 0.15) is 222 Å². The number of carbonyl (C=O) groups is 15. The second kappa shape index (κ2) is 73.8. The van der Waals surface area contributed by atoms with Crippen LogP contribution in [0.25, 0.3) is 0 Å². The second-order valence-electron chi connectivity index (χ2n) is 36.4. The van der Waals surface area contributed by atoms with Crippen LogP contribution in [-0.4, -0.2) is 419 Å². The maximum absolute atomic E-state index is 14.2. The molecule has 55 heteroatoms. The van der Waals surface area contributed by atoms with Gasteiger partial charge in [0.05, 0.1) is 51.2 Å². The normalized spacial score (nSPS) is 24.2. The Hall–Kier alpha value is -9.32. The number of thioether (sulfide) groups is 1. The quantitative estimate of drug-likeness (QED) is 0.0213. The summed E-state index contributed by atoms with van der Waals surface area (Å²) in [5.41, 5.74) is -0.264. The van der Waals surface area contributed by atoms with E-state index >= 15 is 0 Å². The first-order valence-corrected chi connectivity index (χ1v) is 52.5. The molecule has 21 unspecified atom stereocenters. The van der Waals surface area contributed by atoms with Gasteiger partial charge >= 0.3 is 14.7 Å². The summed E-state index contributed by atoms with van der Waals surface area (Å²) >= 11 is 1.25. The molecule has 848 valence electrons. The molecule has 53 nitrogen and oxygen atoms in total. The molecule has 149 heavy (non-hydrogen) atoms. The number of unbranched alkanes of at least 4 members (excludes halogenated alkanes) is 11. The van der Waals surface area contributed by atoms with Gasteiger partial charge in [0.1, 0.15) is 122 Å². The van der Waals surface area contributed by atoms with Gasteiger partial charge in [-0.15, -0.1) is 11.8 Å². The molecule has 4 aliphatic rings. The topological polar surface area (TPSA) is 797 Å². The summed E-state index contributed by atoms with van der Waals surface area (Å²) in [5.74, 6) is -8.25. The third-order valence-corrected chi connectivity index (χ3v) is 25.8. The predicted octanol–water partition coefficient (Wildman–Crippen LogP) is -6.02. The van der Waals surface area contributed by atoms with Crippen LogP contribution in [0.15, 0.2) is 18.2 Å². The van der Waals surface area contributed by atoms with Gasteiger partial charge in [-0.1, -0.05) is 19.3 Å². The van der Waals surface area contributed by atoms with E-state index in [1.165, 1.54) is 57.7 Å². The number of aliphatic carboxylic acids is 1. The minimum absolute atomic E-state index is 0.00898. The summed E-state index contributed by atoms with van der Waals surface area (Å²) in [7, 11) is -0.389. The highest BCUT2D eigenvalue weighted by molar-refractivity contribution is 8.00. The van der Waals surface area contributed by atoms with Gasteiger partial charge < -0.3 is 183 Å². The first-order valence-electron chi connectivity index (χ1n) is 50.7. The number of benzene rings is 1. The minimum atomic E-state index is -1.57. The average Bonchev–Trinajstić information content (AvgIpc) is 0.810. The molecule has 23 atom stereocenters. The van der Waals surface area contributed by atoms with E-state index in [1.807, 2.05) is 0 Å². The van der Waals surface area contributed by atoms with Crippen LogP contribution in [0, 0.1) is 0 Å². The number of amides is 14. The van der Waals surface area contributed by atoms with Crippen LogP contribution < -0.4 is 79.2 Å². The number of carbonyl (C=O) groups excluding carboxylic acids is 14. The van der Waals surface area contributed by atoms with E-state index in [2.05, 4.69) is 74.4 Å². The SMILES string of the molecule is CC(=O)NC1C(OCCCCC(=O)NCCCC[C@H](NC(=O)CCCCOC2OC(CO)C(O)C(O)C2NC(C)=O)C(=O)NCCNC(=O)c2cc(OCCNC(=O)CCCCCNC(=O)C(CC(=O)O)SCCCCCCOP=O)cc(C(=O)NCCNC(=O)[C@H](CCCCNC(=O)CCCCOC3OC(CO)C(O)C(O)C3NC(C)=O)NC(=O)CCCCOC3OC(CO)C(O)C(O)C3NC(C)=O)c2)OC(CO)C(O)C1O. The number of rotatable bonds is 76. The van der Waals surface area contributed by atoms with Crippen LogP contribution in [0.2, 0.25) is 0 Å². The Morgan fingerprint density at radius 2 is 0.651 bits per heavy atom. The van der Waals surface area contributed by atoms with Crippen molar-refractivity contribution in [2.75, 3.05) is 124 Å². The van der Waals surface area contributed by atoms with Gasteiger partial charge in [0, 0.05) is 143 Å². The van der Waals surface area contributed by atoms with Crippen LogP contribution in [0.3, 0.4) is 0 Å². The maximum Gasteiger partial charge on any atom is 0.327 e. The molecule has 5 rings (SSSR count). The second-order valence-corrected chi connectivity index (χ2v) is 38.1. The fraction of sp³-hybridized carbons (Fsp3) is 0.777. The molecule has 0 saturated carbocycles. The van der Waals surface area contributed by atoms with Crippen molar-refractivity contribution < 1.29 is 190 Å². The van der Waals surface area contributed by atoms with Crippen molar-refractivity contribution in [2.45, 2.75) is 341 Å². The fourth-order valence-electron chi connectivity index (χ4n) is 16.2. The van der Waals surface area contributed by atoms with E-state index in [9.17, 15) is 143 Å². The molecule has 0 radical (unpaired) electrons. The molecule has 0 bridgehead atoms. The Kier molecular flexibility index (Phi) is 64.5. The molecule has 14 amide bonds. The van der Waals surface area contributed by atoms with Crippen LogP contribution in [0.5, 0.6) is 5.75 Å². The smallest absolute Gasteiger partial charge is 0.327 e. The largest absolute Gasteiger partial charge is 0.492 e. The molecular weight excluding hydrogens is 2010 g/mol. The molecule has 0 aromatic heterocycles. The summed E-state index contributed by atoms with van der Waals surface area (Å²) < 4.78 is 66.8. The van der Waals surface area contributed by atoms with E-state index in [0.29, 0.717) is 76.6 Å². The van der Waals surface area contributed by atoms with Gasteiger partial charge in [-0.2, -0.15) is 0 Å². The van der Waals surface area contributed by atoms with Crippen molar-refractivity contribution >= 4 is 109 Å². The van der Waals surface area contributed by atoms with E-state index in [0.717, 1.165) is 19.3 Å². The Balaban J connectivity index is 1.25. The zero-order valence-corrected chi connectivity index (χ0v) is 86.5. The van der Waals surface area contributed by atoms with Gasteiger partial charge in [0.2, 0.25) is 70.9 Å². The number of hydrogen-bond donors (Lipinski definition) is 27. The van der Waals surface area contributed by atoms with Crippen LogP contribution in [0.4, 0.5) is 0 Å². The third kappa shape index (κ3) is 50.4. The molecule has 0 spiro atoms. The van der Waals surface area contributed by atoms with Crippen molar-refractivity contribution in [1.29, 1.82) is 0 Å². The van der Waals surface area contributed by atoms with Gasteiger partial charge in [-0.3, -0.25) is 76.4 Å². The lowest BCUT2D eigenvalue weighted by molar-refractivity contribution is -0.270. The minimum Gasteiger partial charge on any atom is -0.492 e. The van der Waals surface area contributed by atoms with Crippen molar-refractivity contribution in [3.8, 4) is 5.75 Å². The zero-order chi connectivity index (χ0) is 110. The number of hydrogen-bond acceptors (Lipinski definition) is 39. The lowest BCUT2D eigenvalue weighted by Crippen LogP contribution is -2.64. The molecular formula is C94H157N14O39PS. The molecule has 4 fully saturated rings. The lowest BCUT2D eigenvalue weighted by Gasteiger charge is -2.42. The number of carboxylic acid groups (broad SMARTS) is 1. The molecule has 1 aromatic rings. The van der Waals surface area contributed by atoms with Gasteiger partial charge in [0.25, 0.3) is 11.8 Å². The summed E-state index contributed by atoms with van der Waals surface area (Å²) in [4.78, 5) is 195. The van der Waals surface area contributed by atoms with E-state index in [1.54, 1.807) is 0 Å². The molecule has 4 heterocycles. The molecule has 0 aliphatic carbocycles. The van der Waals surface area contributed by atoms with Crippen molar-refractivity contribution in [1.82, 2.24) is 74.4 Å². The summed E-state index contributed by atoms with van der Waals surface area (Å²) in [6.45, 7) is 1.66. The number of ether oxygens (including phenoxy) is 9. The Morgan fingerprint density at radius 3 is 1.00 bits per heavy atom. The Bertz CT molecular complexity index is 4040. The van der Waals surface area contributed by atoms with E-state index in [-0.39, 0.29) is 219 Å². The van der Waals surface area contributed by atoms with E-state index in [4.69, 9.17) is 47.2 Å².